The molecule has 3 aliphatic carbocycles. The van der Waals surface area contributed by atoms with E-state index in [4.69, 9.17) is 37.9 Å². The molecule has 5 aliphatic heterocycles. The van der Waals surface area contributed by atoms with Crippen molar-refractivity contribution >= 4 is 18.0 Å². The molecule has 9 rings (SSSR count). The van der Waals surface area contributed by atoms with Gasteiger partial charge in [0.05, 0.1) is 51.0 Å². The minimum atomic E-state index is -2.10. The van der Waals surface area contributed by atoms with Gasteiger partial charge < -0.3 is 53.2 Å². The second kappa shape index (κ2) is 10.2. The van der Waals surface area contributed by atoms with Crippen molar-refractivity contribution in [2.75, 3.05) is 27.4 Å². The molecule has 270 valence electrons. The molecule has 1 unspecified atom stereocenters. The highest BCUT2D eigenvalue weighted by Crippen LogP contribution is 2.80. The van der Waals surface area contributed by atoms with Gasteiger partial charge in [-0.15, -0.1) is 0 Å². The smallest absolute Gasteiger partial charge is 0.366 e. The lowest BCUT2D eigenvalue weighted by atomic mass is 9.37. The fourth-order valence-corrected chi connectivity index (χ4v) is 12.5. The van der Waals surface area contributed by atoms with Gasteiger partial charge in [0.2, 0.25) is 6.29 Å². The van der Waals surface area contributed by atoms with Gasteiger partial charge in [-0.3, -0.25) is 0 Å². The molecule has 0 radical (unpaired) electrons. The first-order valence-corrected chi connectivity index (χ1v) is 17.3. The molecule has 3 saturated carbocycles. The third kappa shape index (κ3) is 3.43. The highest BCUT2D eigenvalue weighted by molar-refractivity contribution is 5.87. The van der Waals surface area contributed by atoms with Gasteiger partial charge in [-0.05, 0) is 31.1 Å². The van der Waals surface area contributed by atoms with Crippen LogP contribution in [0.3, 0.4) is 0 Å². The van der Waals surface area contributed by atoms with E-state index in [2.05, 4.69) is 0 Å². The fraction of sp³-hybridized carbons (Fsp3) is 0.676. The van der Waals surface area contributed by atoms with E-state index in [9.17, 15) is 24.9 Å². The highest BCUT2D eigenvalue weighted by atomic mass is 16.7. The van der Waals surface area contributed by atoms with E-state index in [1.165, 1.54) is 32.6 Å². The normalized spacial score (nSPS) is 54.8. The standard InChI is InChI=1S/C37H44O13/c1-31-17-46-25-26(31)34(22(16-21(31)38)48-24(39)12-11-19-9-7-6-8-10-19)18-47-36(44-5,29(40)43-4)28(34)32(2)27(25)50-33(3)20-15-23(37(32,33)42)49-30-35(20,41)13-14-45-30/h6-14,20-23,25-28,30,38,41-42H,15-18H2,1-5H3/b12-11+/t20?,21-,22+,23+,25-,26+,27-,28+,30+,31-,32-,33-,34+,35+,36+,37+/m1/s1. The van der Waals surface area contributed by atoms with Crippen LogP contribution in [-0.2, 0) is 47.5 Å². The lowest BCUT2D eigenvalue weighted by Crippen LogP contribution is -2.78. The summed E-state index contributed by atoms with van der Waals surface area (Å²) in [4.78, 5) is 27.9. The quantitative estimate of drug-likeness (QED) is 0.299. The number of esters is 2. The molecule has 16 atom stereocenters. The maximum atomic E-state index is 14.2. The zero-order valence-corrected chi connectivity index (χ0v) is 28.6. The Kier molecular flexibility index (Phi) is 6.70. The molecule has 1 aromatic carbocycles. The third-order valence-corrected chi connectivity index (χ3v) is 14.5. The molecule has 5 heterocycles. The number of carbonyl (C=O) groups is 2. The molecule has 13 heteroatoms. The van der Waals surface area contributed by atoms with Crippen molar-refractivity contribution in [2.45, 2.75) is 93.0 Å². The van der Waals surface area contributed by atoms with Gasteiger partial charge in [-0.25, -0.2) is 9.59 Å². The van der Waals surface area contributed by atoms with Crippen molar-refractivity contribution in [1.82, 2.24) is 0 Å². The Morgan fingerprint density at radius 2 is 1.80 bits per heavy atom. The van der Waals surface area contributed by atoms with Crippen LogP contribution in [-0.4, -0.2) is 114 Å². The van der Waals surface area contributed by atoms with E-state index in [1.807, 2.05) is 44.2 Å². The molecule has 1 aromatic rings. The summed E-state index contributed by atoms with van der Waals surface area (Å²) in [6.45, 7) is 5.53. The first kappa shape index (κ1) is 33.0. The van der Waals surface area contributed by atoms with E-state index in [0.29, 0.717) is 0 Å². The van der Waals surface area contributed by atoms with Crippen LogP contribution in [0.25, 0.3) is 6.08 Å². The number of ether oxygens (including phenoxy) is 8. The lowest BCUT2D eigenvalue weighted by Gasteiger charge is -2.66. The number of rotatable bonds is 5. The molecular weight excluding hydrogens is 652 g/mol. The Bertz CT molecular complexity index is 1680. The molecular formula is C37H44O13. The Labute approximate surface area is 289 Å². The topological polar surface area (TPSA) is 169 Å². The van der Waals surface area contributed by atoms with Crippen LogP contribution in [0.5, 0.6) is 0 Å². The number of methoxy groups -OCH3 is 2. The van der Waals surface area contributed by atoms with Gasteiger partial charge in [0, 0.05) is 53.6 Å². The summed E-state index contributed by atoms with van der Waals surface area (Å²) in [5.74, 6) is -5.97. The molecule has 4 saturated heterocycles. The van der Waals surface area contributed by atoms with E-state index in [1.54, 1.807) is 13.0 Å². The first-order chi connectivity index (χ1) is 23.7. The van der Waals surface area contributed by atoms with Crippen molar-refractivity contribution in [3.63, 3.8) is 0 Å². The van der Waals surface area contributed by atoms with Crippen molar-refractivity contribution < 1.29 is 62.8 Å². The highest BCUT2D eigenvalue weighted by Gasteiger charge is 2.94. The summed E-state index contributed by atoms with van der Waals surface area (Å²) in [7, 11) is 2.58. The summed E-state index contributed by atoms with van der Waals surface area (Å²) >= 11 is 0. The van der Waals surface area contributed by atoms with Crippen LogP contribution in [0.2, 0.25) is 0 Å². The van der Waals surface area contributed by atoms with Crippen molar-refractivity contribution in [2.24, 2.45) is 34.0 Å². The van der Waals surface area contributed by atoms with Crippen molar-refractivity contribution in [1.29, 1.82) is 0 Å². The fourth-order valence-electron chi connectivity index (χ4n) is 12.5. The molecule has 7 fully saturated rings. The van der Waals surface area contributed by atoms with E-state index in [-0.39, 0.29) is 26.1 Å². The SMILES string of the molecule is COC(=O)[C@@]1(OC)OC[C@@]23[C@@H](OC(=O)/C=C/c4ccccc4)C[C@@H](O)[C@@]4(C)CO[C@@H]([C@H]5O[C@]6(C)C7C[C@H](O[C@@H]8OC=C[C@]78O)[C@]6(O)[C@@]5(C)[C@H]12)[C@@H]43. The minimum absolute atomic E-state index is 0.00907. The van der Waals surface area contributed by atoms with Crippen LogP contribution < -0.4 is 0 Å². The molecule has 2 bridgehead atoms. The second-order valence-electron chi connectivity index (χ2n) is 16.1. The molecule has 1 spiro atoms. The molecule has 13 nitrogen and oxygen atoms in total. The van der Waals surface area contributed by atoms with Crippen molar-refractivity contribution in [3.05, 3.63) is 54.3 Å². The number of hydrogen-bond acceptors (Lipinski definition) is 13. The average molecular weight is 697 g/mol. The Morgan fingerprint density at radius 1 is 1.04 bits per heavy atom. The predicted molar refractivity (Wildman–Crippen MR) is 169 cm³/mol. The molecule has 0 aromatic heterocycles. The predicted octanol–water partition coefficient (Wildman–Crippen LogP) is 1.47. The van der Waals surface area contributed by atoms with Gasteiger partial charge in [0.1, 0.15) is 17.3 Å². The molecule has 3 N–H and O–H groups in total. The summed E-state index contributed by atoms with van der Waals surface area (Å²) in [6.07, 6.45) is 0.492. The maximum absolute atomic E-state index is 14.2. The monoisotopic (exact) mass is 696 g/mol. The Hall–Kier alpha value is -2.88. The maximum Gasteiger partial charge on any atom is 0.366 e. The number of benzene rings is 1. The second-order valence-corrected chi connectivity index (χ2v) is 16.1. The summed E-state index contributed by atoms with van der Waals surface area (Å²) in [5, 5.41) is 37.5. The zero-order chi connectivity index (χ0) is 35.3. The number of carbonyl (C=O) groups excluding carboxylic acids is 2. The molecule has 8 aliphatic rings. The lowest BCUT2D eigenvalue weighted by molar-refractivity contribution is -0.317. The Balaban J connectivity index is 1.25. The zero-order valence-electron chi connectivity index (χ0n) is 28.6. The molecule has 0 amide bonds. The summed E-state index contributed by atoms with van der Waals surface area (Å²) in [5.41, 5.74) is -7.83. The van der Waals surface area contributed by atoms with Crippen LogP contribution in [0.4, 0.5) is 0 Å². The van der Waals surface area contributed by atoms with Gasteiger partial charge in [0.15, 0.2) is 5.60 Å². The first-order valence-electron chi connectivity index (χ1n) is 17.3. The minimum Gasteiger partial charge on any atom is -0.469 e. The number of aliphatic hydroxyl groups excluding tert-OH is 1. The number of hydrogen-bond donors (Lipinski definition) is 3. The van der Waals surface area contributed by atoms with Crippen LogP contribution in [0, 0.1) is 34.0 Å². The summed E-state index contributed by atoms with van der Waals surface area (Å²) < 4.78 is 50.3. The van der Waals surface area contributed by atoms with Crippen LogP contribution in [0.15, 0.2) is 48.7 Å². The van der Waals surface area contributed by atoms with E-state index >= 15 is 0 Å². The van der Waals surface area contributed by atoms with Gasteiger partial charge >= 0.3 is 11.9 Å². The van der Waals surface area contributed by atoms with Crippen LogP contribution in [0.1, 0.15) is 39.2 Å². The van der Waals surface area contributed by atoms with Gasteiger partial charge in [0.25, 0.3) is 5.79 Å². The van der Waals surface area contributed by atoms with E-state index < -0.39 is 105 Å². The van der Waals surface area contributed by atoms with Crippen molar-refractivity contribution in [3.8, 4) is 0 Å². The number of aliphatic hydroxyl groups is 3. The van der Waals surface area contributed by atoms with E-state index in [0.717, 1.165) is 5.56 Å². The third-order valence-electron chi connectivity index (χ3n) is 14.5. The summed E-state index contributed by atoms with van der Waals surface area (Å²) in [6, 6.07) is 9.30. The van der Waals surface area contributed by atoms with Gasteiger partial charge in [-0.2, -0.15) is 0 Å². The van der Waals surface area contributed by atoms with Crippen LogP contribution >= 0.6 is 0 Å². The Morgan fingerprint density at radius 3 is 2.52 bits per heavy atom. The average Bonchev–Trinajstić information content (AvgIpc) is 3.86. The molecule has 50 heavy (non-hydrogen) atoms. The van der Waals surface area contributed by atoms with Gasteiger partial charge in [-0.1, -0.05) is 44.2 Å². The largest absolute Gasteiger partial charge is 0.469 e. The number of fused-ring (bicyclic) bond motifs is 11.